The fourth-order valence-corrected chi connectivity index (χ4v) is 1.93. The summed E-state index contributed by atoms with van der Waals surface area (Å²) in [6, 6.07) is 8.39. The van der Waals surface area contributed by atoms with Crippen LogP contribution in [0, 0.1) is 0 Å². The van der Waals surface area contributed by atoms with E-state index in [-0.39, 0.29) is 11.5 Å². The third kappa shape index (κ3) is 2.71. The van der Waals surface area contributed by atoms with Crippen LogP contribution in [0.4, 0.5) is 0 Å². The monoisotopic (exact) mass is 218 g/mol. The van der Waals surface area contributed by atoms with Crippen LogP contribution in [0.3, 0.4) is 0 Å². The van der Waals surface area contributed by atoms with Gasteiger partial charge in [-0.3, -0.25) is 5.84 Å². The summed E-state index contributed by atoms with van der Waals surface area (Å²) in [5, 5.41) is 0. The molecule has 3 N–H and O–H groups in total. The molecule has 0 radical (unpaired) electrons. The van der Waals surface area contributed by atoms with Gasteiger partial charge in [0.25, 0.3) is 0 Å². The van der Waals surface area contributed by atoms with E-state index >= 15 is 0 Å². The number of hydrogen-bond donors (Lipinski definition) is 2. The molecule has 1 rings (SSSR count). The molecule has 1 atom stereocenters. The first-order chi connectivity index (χ1) is 7.38. The zero-order valence-electron chi connectivity index (χ0n) is 10.7. The van der Waals surface area contributed by atoms with Crippen molar-refractivity contribution in [2.75, 3.05) is 0 Å². The molecule has 1 aromatic rings. The van der Waals surface area contributed by atoms with Crippen molar-refractivity contribution in [2.45, 2.75) is 39.2 Å². The topological polar surface area (TPSA) is 38.0 Å². The van der Waals surface area contributed by atoms with Crippen LogP contribution in [0.15, 0.2) is 36.4 Å². The van der Waals surface area contributed by atoms with E-state index in [9.17, 15) is 0 Å². The summed E-state index contributed by atoms with van der Waals surface area (Å²) in [6.45, 7) is 12.6. The molecule has 0 saturated heterocycles. The fraction of sp³-hybridized carbons (Fsp3) is 0.429. The van der Waals surface area contributed by atoms with Crippen molar-refractivity contribution in [3.8, 4) is 0 Å². The highest BCUT2D eigenvalue weighted by molar-refractivity contribution is 5.38. The Balaban J connectivity index is 3.27. The van der Waals surface area contributed by atoms with Crippen LogP contribution < -0.4 is 11.3 Å². The Bertz CT molecular complexity index is 375. The minimum Gasteiger partial charge on any atom is -0.271 e. The molecule has 0 amide bonds. The van der Waals surface area contributed by atoms with Gasteiger partial charge in [0.2, 0.25) is 0 Å². The molecule has 2 nitrogen and oxygen atoms in total. The first-order valence-electron chi connectivity index (χ1n) is 5.59. The van der Waals surface area contributed by atoms with Crippen LogP contribution in [0.2, 0.25) is 0 Å². The Hall–Kier alpha value is -1.12. The SMILES string of the molecule is C=C(C)C(NN)c1ccccc1C(C)(C)C. The predicted molar refractivity (Wildman–Crippen MR) is 70.0 cm³/mol. The lowest BCUT2D eigenvalue weighted by Gasteiger charge is -2.27. The van der Waals surface area contributed by atoms with E-state index in [1.54, 1.807) is 0 Å². The molecule has 88 valence electrons. The van der Waals surface area contributed by atoms with E-state index in [1.807, 2.05) is 13.0 Å². The molecular weight excluding hydrogens is 196 g/mol. The van der Waals surface area contributed by atoms with Gasteiger partial charge >= 0.3 is 0 Å². The summed E-state index contributed by atoms with van der Waals surface area (Å²) < 4.78 is 0. The van der Waals surface area contributed by atoms with Crippen molar-refractivity contribution in [3.05, 3.63) is 47.5 Å². The van der Waals surface area contributed by atoms with E-state index in [2.05, 4.69) is 51.0 Å². The maximum atomic E-state index is 5.61. The first-order valence-corrected chi connectivity index (χ1v) is 5.59. The van der Waals surface area contributed by atoms with Gasteiger partial charge < -0.3 is 0 Å². The van der Waals surface area contributed by atoms with Gasteiger partial charge in [0, 0.05) is 0 Å². The Labute approximate surface area is 98.5 Å². The van der Waals surface area contributed by atoms with Gasteiger partial charge in [-0.2, -0.15) is 0 Å². The van der Waals surface area contributed by atoms with Gasteiger partial charge in [0.05, 0.1) is 6.04 Å². The van der Waals surface area contributed by atoms with Crippen molar-refractivity contribution >= 4 is 0 Å². The van der Waals surface area contributed by atoms with Crippen LogP contribution in [-0.2, 0) is 5.41 Å². The van der Waals surface area contributed by atoms with Crippen LogP contribution in [0.1, 0.15) is 44.9 Å². The maximum absolute atomic E-state index is 5.61. The van der Waals surface area contributed by atoms with Gasteiger partial charge in [0.15, 0.2) is 0 Å². The van der Waals surface area contributed by atoms with E-state index in [0.29, 0.717) is 0 Å². The lowest BCUT2D eigenvalue weighted by Crippen LogP contribution is -2.30. The number of rotatable bonds is 3. The standard InChI is InChI=1S/C14H22N2/c1-10(2)13(16-15)11-8-6-7-9-12(11)14(3,4)5/h6-9,13,16H,1,15H2,2-5H3. The molecule has 0 heterocycles. The molecule has 0 saturated carbocycles. The van der Waals surface area contributed by atoms with Gasteiger partial charge in [-0.05, 0) is 23.5 Å². The van der Waals surface area contributed by atoms with Crippen LogP contribution in [0.5, 0.6) is 0 Å². The summed E-state index contributed by atoms with van der Waals surface area (Å²) in [6.07, 6.45) is 0. The second kappa shape index (κ2) is 4.81. The van der Waals surface area contributed by atoms with E-state index < -0.39 is 0 Å². The normalized spacial score (nSPS) is 13.6. The quantitative estimate of drug-likeness (QED) is 0.465. The molecule has 0 aliphatic heterocycles. The summed E-state index contributed by atoms with van der Waals surface area (Å²) in [7, 11) is 0. The number of nitrogens with two attached hydrogens (primary N) is 1. The van der Waals surface area contributed by atoms with Crippen molar-refractivity contribution in [2.24, 2.45) is 5.84 Å². The van der Waals surface area contributed by atoms with Crippen molar-refractivity contribution in [3.63, 3.8) is 0 Å². The molecule has 0 spiro atoms. The Morgan fingerprint density at radius 1 is 1.31 bits per heavy atom. The average Bonchev–Trinajstić information content (AvgIpc) is 2.17. The minimum absolute atomic E-state index is 0.0235. The second-order valence-corrected chi connectivity index (χ2v) is 5.28. The average molecular weight is 218 g/mol. The van der Waals surface area contributed by atoms with Gasteiger partial charge in [-0.1, -0.05) is 57.2 Å². The first kappa shape index (κ1) is 12.9. The smallest absolute Gasteiger partial charge is 0.0667 e. The zero-order chi connectivity index (χ0) is 12.3. The largest absolute Gasteiger partial charge is 0.271 e. The highest BCUT2D eigenvalue weighted by atomic mass is 15.2. The number of hydrogen-bond acceptors (Lipinski definition) is 2. The van der Waals surface area contributed by atoms with Crippen LogP contribution in [-0.4, -0.2) is 0 Å². The van der Waals surface area contributed by atoms with E-state index in [4.69, 9.17) is 5.84 Å². The molecule has 2 heteroatoms. The Morgan fingerprint density at radius 2 is 1.88 bits per heavy atom. The molecule has 0 bridgehead atoms. The minimum atomic E-state index is 0.0235. The molecular formula is C14H22N2. The van der Waals surface area contributed by atoms with Crippen molar-refractivity contribution < 1.29 is 0 Å². The fourth-order valence-electron chi connectivity index (χ4n) is 1.93. The molecule has 16 heavy (non-hydrogen) atoms. The van der Waals surface area contributed by atoms with Gasteiger partial charge in [-0.15, -0.1) is 0 Å². The third-order valence-corrected chi connectivity index (χ3v) is 2.74. The second-order valence-electron chi connectivity index (χ2n) is 5.28. The molecule has 0 aliphatic rings. The number of nitrogens with one attached hydrogen (secondary N) is 1. The summed E-state index contributed by atoms with van der Waals surface area (Å²) in [4.78, 5) is 0. The van der Waals surface area contributed by atoms with Crippen LogP contribution >= 0.6 is 0 Å². The predicted octanol–water partition coefficient (Wildman–Crippen LogP) is 3.06. The lowest BCUT2D eigenvalue weighted by molar-refractivity contribution is 0.555. The maximum Gasteiger partial charge on any atom is 0.0667 e. The van der Waals surface area contributed by atoms with E-state index in [1.165, 1.54) is 11.1 Å². The molecule has 1 unspecified atom stereocenters. The number of benzene rings is 1. The molecule has 0 aromatic heterocycles. The van der Waals surface area contributed by atoms with Crippen molar-refractivity contribution in [1.29, 1.82) is 0 Å². The van der Waals surface area contributed by atoms with E-state index in [0.717, 1.165) is 5.57 Å². The zero-order valence-corrected chi connectivity index (χ0v) is 10.7. The van der Waals surface area contributed by atoms with Gasteiger partial charge in [0.1, 0.15) is 0 Å². The van der Waals surface area contributed by atoms with Gasteiger partial charge in [-0.25, -0.2) is 5.43 Å². The highest BCUT2D eigenvalue weighted by Gasteiger charge is 2.21. The lowest BCUT2D eigenvalue weighted by atomic mass is 9.81. The summed E-state index contributed by atoms with van der Waals surface area (Å²) >= 11 is 0. The van der Waals surface area contributed by atoms with Crippen LogP contribution in [0.25, 0.3) is 0 Å². The summed E-state index contributed by atoms with van der Waals surface area (Å²) in [5.74, 6) is 5.61. The third-order valence-electron chi connectivity index (χ3n) is 2.74. The highest BCUT2D eigenvalue weighted by Crippen LogP contribution is 2.31. The number of hydrazine groups is 1. The molecule has 0 aliphatic carbocycles. The molecule has 1 aromatic carbocycles. The Kier molecular flexibility index (Phi) is 3.89. The Morgan fingerprint density at radius 3 is 2.31 bits per heavy atom. The van der Waals surface area contributed by atoms with Crippen molar-refractivity contribution in [1.82, 2.24) is 5.43 Å². The summed E-state index contributed by atoms with van der Waals surface area (Å²) in [5.41, 5.74) is 6.49. The molecule has 0 fully saturated rings.